The predicted octanol–water partition coefficient (Wildman–Crippen LogP) is 9.31. The van der Waals surface area contributed by atoms with Crippen LogP contribution in [-0.2, 0) is 19.1 Å². The highest BCUT2D eigenvalue weighted by atomic mass is 16.6. The fourth-order valence-corrected chi connectivity index (χ4v) is 12.1. The van der Waals surface area contributed by atoms with E-state index in [2.05, 4.69) is 79.7 Å². The zero-order chi connectivity index (χ0) is 31.4. The van der Waals surface area contributed by atoms with E-state index < -0.39 is 0 Å². The molecule has 2 saturated carbocycles. The van der Waals surface area contributed by atoms with Gasteiger partial charge in [0.1, 0.15) is 12.2 Å². The molecular weight excluding hydrogens is 544 g/mol. The number of hydrogen-bond acceptors (Lipinski definition) is 4. The molecule has 4 nitrogen and oxygen atoms in total. The van der Waals surface area contributed by atoms with E-state index in [1.54, 1.807) is 16.7 Å². The van der Waals surface area contributed by atoms with Crippen LogP contribution < -0.4 is 0 Å². The van der Waals surface area contributed by atoms with Crippen LogP contribution in [0.25, 0.3) is 0 Å². The van der Waals surface area contributed by atoms with Crippen LogP contribution in [0.3, 0.4) is 0 Å². The molecule has 8 aliphatic rings. The number of hydrogen-bond donors (Lipinski definition) is 0. The molecule has 0 aromatic heterocycles. The smallest absolute Gasteiger partial charge is 0.312 e. The van der Waals surface area contributed by atoms with Crippen LogP contribution in [0.15, 0.2) is 46.6 Å². The summed E-state index contributed by atoms with van der Waals surface area (Å²) in [7, 11) is 0. The Morgan fingerprint density at radius 2 is 1.36 bits per heavy atom. The topological polar surface area (TPSA) is 52.6 Å². The summed E-state index contributed by atoms with van der Waals surface area (Å²) in [4.78, 5) is 24.9. The summed E-state index contributed by atoms with van der Waals surface area (Å²) in [5.74, 6) is 3.45. The number of carbonyl (C=O) groups excluding carboxylic acids is 2. The second-order valence-corrected chi connectivity index (χ2v) is 17.6. The normalized spacial score (nSPS) is 46.6. The maximum atomic E-state index is 12.5. The zero-order valence-corrected chi connectivity index (χ0v) is 28.6. The molecule has 4 heteroatoms. The van der Waals surface area contributed by atoms with Gasteiger partial charge in [0.25, 0.3) is 0 Å². The summed E-state index contributed by atoms with van der Waals surface area (Å²) in [6.07, 6.45) is 21.2. The Morgan fingerprint density at radius 1 is 0.750 bits per heavy atom. The first kappa shape index (κ1) is 30.5. The van der Waals surface area contributed by atoms with Crippen molar-refractivity contribution in [1.29, 1.82) is 0 Å². The van der Waals surface area contributed by atoms with E-state index >= 15 is 0 Å². The SMILES string of the molecule is CC(C)C1=CC2=CC3OC(=O)C4(C)CCCC(C)(C2CC1)C34.CC(C)C1=CC2=CCC3C4(C)CC(CC3(C)C2CC1)OC4=O. The summed E-state index contributed by atoms with van der Waals surface area (Å²) < 4.78 is 11.6. The summed E-state index contributed by atoms with van der Waals surface area (Å²) in [5, 5.41) is 0. The van der Waals surface area contributed by atoms with Crippen molar-refractivity contribution < 1.29 is 19.1 Å². The Bertz CT molecular complexity index is 1380. The van der Waals surface area contributed by atoms with Gasteiger partial charge in [-0.05, 0) is 123 Å². The molecular formula is C40H56O4. The minimum Gasteiger partial charge on any atom is -0.462 e. The average molecular weight is 601 g/mol. The Labute approximate surface area is 266 Å². The van der Waals surface area contributed by atoms with Crippen molar-refractivity contribution in [2.75, 3.05) is 0 Å². The van der Waals surface area contributed by atoms with Gasteiger partial charge in [-0.15, -0.1) is 0 Å². The van der Waals surface area contributed by atoms with Gasteiger partial charge in [0.15, 0.2) is 0 Å². The van der Waals surface area contributed by atoms with E-state index in [0.717, 1.165) is 32.1 Å². The first-order valence-corrected chi connectivity index (χ1v) is 18.0. The number of carbonyl (C=O) groups is 2. The van der Waals surface area contributed by atoms with E-state index in [0.29, 0.717) is 35.5 Å². The Morgan fingerprint density at radius 3 is 2.02 bits per heavy atom. The third kappa shape index (κ3) is 4.27. The van der Waals surface area contributed by atoms with Gasteiger partial charge in [0.05, 0.1) is 10.8 Å². The number of rotatable bonds is 2. The van der Waals surface area contributed by atoms with Crippen molar-refractivity contribution >= 4 is 11.9 Å². The van der Waals surface area contributed by atoms with Gasteiger partial charge in [-0.1, -0.05) is 77.3 Å². The molecule has 10 atom stereocenters. The molecule has 2 saturated heterocycles. The van der Waals surface area contributed by atoms with Gasteiger partial charge in [-0.3, -0.25) is 9.59 Å². The number of allylic oxidation sites excluding steroid dienone is 7. The fraction of sp³-hybridized carbons (Fsp3) is 0.750. The van der Waals surface area contributed by atoms with Crippen molar-refractivity contribution in [3.05, 3.63) is 46.6 Å². The number of esters is 2. The lowest BCUT2D eigenvalue weighted by atomic mass is 9.47. The molecule has 44 heavy (non-hydrogen) atoms. The molecule has 4 fully saturated rings. The van der Waals surface area contributed by atoms with Crippen molar-refractivity contribution in [2.24, 2.45) is 57.2 Å². The molecule has 6 aliphatic carbocycles. The number of fused-ring (bicyclic) bond motifs is 8. The molecule has 0 spiro atoms. The minimum absolute atomic E-state index is 0.0109. The van der Waals surface area contributed by atoms with Crippen LogP contribution in [0.1, 0.15) is 120 Å². The van der Waals surface area contributed by atoms with Crippen LogP contribution in [0.4, 0.5) is 0 Å². The van der Waals surface area contributed by atoms with Gasteiger partial charge in [0, 0.05) is 12.3 Å². The summed E-state index contributed by atoms with van der Waals surface area (Å²) >= 11 is 0. The average Bonchev–Trinajstić information content (AvgIpc) is 3.36. The molecule has 0 N–H and O–H groups in total. The molecule has 8 rings (SSSR count). The maximum absolute atomic E-state index is 12.5. The standard InChI is InChI=1S/2C20H28O2/c1-12(2)13-6-7-15-14(10-13)11-16-17-19(15,3)8-5-9-20(17,4)18(21)22-16;1-12(2)13-5-7-16-14(9-13)6-8-17-19(16,3)10-15-11-20(17,4)18(21)22-15/h10-12,15-17H,5-9H2,1-4H3;6,9,12,15-17H,5,7-8,10-11H2,1-4H3. The highest BCUT2D eigenvalue weighted by Gasteiger charge is 2.66. The van der Waals surface area contributed by atoms with Gasteiger partial charge in [-0.25, -0.2) is 0 Å². The van der Waals surface area contributed by atoms with E-state index in [1.165, 1.54) is 37.7 Å². The fourth-order valence-electron chi connectivity index (χ4n) is 12.1. The predicted molar refractivity (Wildman–Crippen MR) is 174 cm³/mol. The molecule has 10 unspecified atom stereocenters. The highest BCUT2D eigenvalue weighted by Crippen LogP contribution is 2.66. The molecule has 240 valence electrons. The quantitative estimate of drug-likeness (QED) is 0.296. The summed E-state index contributed by atoms with van der Waals surface area (Å²) in [5.41, 5.74) is 6.13. The van der Waals surface area contributed by atoms with Crippen molar-refractivity contribution in [3.8, 4) is 0 Å². The Balaban J connectivity index is 0.000000142. The lowest BCUT2D eigenvalue weighted by Crippen LogP contribution is -2.52. The molecule has 0 radical (unpaired) electrons. The van der Waals surface area contributed by atoms with E-state index in [4.69, 9.17) is 9.47 Å². The van der Waals surface area contributed by atoms with Gasteiger partial charge >= 0.3 is 11.9 Å². The molecule has 0 aromatic carbocycles. The molecule has 2 aliphatic heterocycles. The van der Waals surface area contributed by atoms with Crippen molar-refractivity contribution in [3.63, 3.8) is 0 Å². The van der Waals surface area contributed by atoms with Crippen LogP contribution in [-0.4, -0.2) is 24.1 Å². The minimum atomic E-state index is -0.248. The van der Waals surface area contributed by atoms with Gasteiger partial charge in [0.2, 0.25) is 0 Å². The molecule has 0 aromatic rings. The monoisotopic (exact) mass is 600 g/mol. The van der Waals surface area contributed by atoms with Crippen LogP contribution >= 0.6 is 0 Å². The lowest BCUT2D eigenvalue weighted by molar-refractivity contribution is -0.150. The summed E-state index contributed by atoms with van der Waals surface area (Å²) in [6, 6.07) is 0. The lowest BCUT2D eigenvalue weighted by Gasteiger charge is -2.55. The highest BCUT2D eigenvalue weighted by molar-refractivity contribution is 5.81. The second kappa shape index (κ2) is 10.2. The number of ether oxygens (including phenoxy) is 2. The first-order valence-electron chi connectivity index (χ1n) is 18.0. The molecule has 0 amide bonds. The van der Waals surface area contributed by atoms with Crippen molar-refractivity contribution in [2.45, 2.75) is 132 Å². The Hall–Kier alpha value is -2.10. The van der Waals surface area contributed by atoms with Crippen LogP contribution in [0.5, 0.6) is 0 Å². The summed E-state index contributed by atoms with van der Waals surface area (Å²) in [6.45, 7) is 18.4. The first-order chi connectivity index (χ1) is 20.7. The third-order valence-corrected chi connectivity index (χ3v) is 14.4. The Kier molecular flexibility index (Phi) is 7.08. The van der Waals surface area contributed by atoms with E-state index in [1.807, 2.05) is 0 Å². The van der Waals surface area contributed by atoms with Crippen LogP contribution in [0, 0.1) is 57.2 Å². The third-order valence-electron chi connectivity index (χ3n) is 14.4. The largest absolute Gasteiger partial charge is 0.462 e. The molecule has 2 bridgehead atoms. The van der Waals surface area contributed by atoms with Crippen molar-refractivity contribution in [1.82, 2.24) is 0 Å². The molecule has 2 heterocycles. The maximum Gasteiger partial charge on any atom is 0.312 e. The van der Waals surface area contributed by atoms with Crippen LogP contribution in [0.2, 0.25) is 0 Å². The van der Waals surface area contributed by atoms with E-state index in [9.17, 15) is 9.59 Å². The van der Waals surface area contributed by atoms with E-state index in [-0.39, 0.29) is 45.8 Å². The van der Waals surface area contributed by atoms with Gasteiger partial charge < -0.3 is 9.47 Å². The van der Waals surface area contributed by atoms with Gasteiger partial charge in [-0.2, -0.15) is 0 Å². The zero-order valence-electron chi connectivity index (χ0n) is 28.6. The second-order valence-electron chi connectivity index (χ2n) is 17.6.